The summed E-state index contributed by atoms with van der Waals surface area (Å²) in [6.45, 7) is 0. The number of anilines is 1. The lowest BCUT2D eigenvalue weighted by atomic mass is 10.2. The maximum atomic E-state index is 11.9. The third-order valence-electron chi connectivity index (χ3n) is 3.55. The molecule has 2 atom stereocenters. The largest absolute Gasteiger partial charge is 0.316 e. The highest BCUT2D eigenvalue weighted by molar-refractivity contribution is 8.16. The fourth-order valence-electron chi connectivity index (χ4n) is 2.67. The van der Waals surface area contributed by atoms with Crippen LogP contribution in [-0.4, -0.2) is 42.3 Å². The number of nitriles is 1. The molecule has 0 radical (unpaired) electrons. The third kappa shape index (κ3) is 2.87. The molecule has 2 aliphatic heterocycles. The summed E-state index contributed by atoms with van der Waals surface area (Å²) in [5.74, 6) is -0.351. The van der Waals surface area contributed by atoms with Gasteiger partial charge in [0.05, 0.1) is 23.6 Å². The summed E-state index contributed by atoms with van der Waals surface area (Å²) >= 11 is 1.31. The summed E-state index contributed by atoms with van der Waals surface area (Å²) in [7, 11) is -3.06. The van der Waals surface area contributed by atoms with E-state index in [4.69, 9.17) is 5.26 Å². The number of amidine groups is 1. The number of sulfone groups is 1. The molecule has 2 fully saturated rings. The first-order valence-electron chi connectivity index (χ1n) is 6.70. The summed E-state index contributed by atoms with van der Waals surface area (Å²) in [6.07, 6.45) is -0.277. The molecule has 6 nitrogen and oxygen atoms in total. The number of hydrogen-bond acceptors (Lipinski definition) is 5. The van der Waals surface area contributed by atoms with Crippen molar-refractivity contribution >= 4 is 38.4 Å². The fourth-order valence-corrected chi connectivity index (χ4v) is 6.60. The standard InChI is InChI=1S/C14H13N3O3S2/c15-7-6-13(18)16-14-17(10-4-2-1-3-5-10)11-8-22(19,20)9-12(11)21-14/h1-5,11-12H,6,8-9H2/t11-,12-/m0/s1. The first-order valence-corrected chi connectivity index (χ1v) is 9.40. The molecule has 0 unspecified atom stereocenters. The minimum Gasteiger partial charge on any atom is -0.316 e. The van der Waals surface area contributed by atoms with Gasteiger partial charge in [0.15, 0.2) is 15.0 Å². The van der Waals surface area contributed by atoms with Crippen molar-refractivity contribution in [2.75, 3.05) is 16.4 Å². The van der Waals surface area contributed by atoms with Crippen LogP contribution in [0.5, 0.6) is 0 Å². The van der Waals surface area contributed by atoms with Crippen molar-refractivity contribution < 1.29 is 13.2 Å². The van der Waals surface area contributed by atoms with Gasteiger partial charge in [0.1, 0.15) is 6.42 Å². The lowest BCUT2D eigenvalue weighted by Gasteiger charge is -2.24. The van der Waals surface area contributed by atoms with Crippen molar-refractivity contribution in [3.05, 3.63) is 30.3 Å². The van der Waals surface area contributed by atoms with Gasteiger partial charge in [-0.15, -0.1) is 0 Å². The van der Waals surface area contributed by atoms with Crippen molar-refractivity contribution in [2.24, 2.45) is 4.99 Å². The van der Waals surface area contributed by atoms with Crippen LogP contribution in [-0.2, 0) is 14.6 Å². The molecule has 8 heteroatoms. The van der Waals surface area contributed by atoms with E-state index in [0.29, 0.717) is 5.17 Å². The van der Waals surface area contributed by atoms with E-state index in [1.807, 2.05) is 35.2 Å². The summed E-state index contributed by atoms with van der Waals surface area (Å²) in [5.41, 5.74) is 0.808. The molecule has 2 heterocycles. The fraction of sp³-hybridized carbons (Fsp3) is 0.357. The van der Waals surface area contributed by atoms with Crippen LogP contribution >= 0.6 is 11.8 Å². The zero-order valence-electron chi connectivity index (χ0n) is 11.5. The van der Waals surface area contributed by atoms with E-state index < -0.39 is 15.7 Å². The predicted octanol–water partition coefficient (Wildman–Crippen LogP) is 1.20. The zero-order chi connectivity index (χ0) is 15.7. The number of amides is 1. The molecule has 1 aromatic rings. The van der Waals surface area contributed by atoms with Crippen LogP contribution in [0.1, 0.15) is 6.42 Å². The predicted molar refractivity (Wildman–Crippen MR) is 85.4 cm³/mol. The van der Waals surface area contributed by atoms with Gasteiger partial charge in [0.2, 0.25) is 0 Å². The van der Waals surface area contributed by atoms with E-state index in [1.165, 1.54) is 11.8 Å². The molecule has 0 bridgehead atoms. The van der Waals surface area contributed by atoms with Crippen LogP contribution in [0.15, 0.2) is 35.3 Å². The average molecular weight is 335 g/mol. The van der Waals surface area contributed by atoms with Crippen molar-refractivity contribution in [3.63, 3.8) is 0 Å². The molecule has 0 aromatic heterocycles. The SMILES string of the molecule is N#CCC(=O)N=C1S[C@H]2CS(=O)(=O)C[C@@H]2N1c1ccccc1. The van der Waals surface area contributed by atoms with Crippen LogP contribution in [0.3, 0.4) is 0 Å². The molecule has 1 amide bonds. The van der Waals surface area contributed by atoms with E-state index in [2.05, 4.69) is 4.99 Å². The second kappa shape index (κ2) is 5.74. The van der Waals surface area contributed by atoms with E-state index in [1.54, 1.807) is 6.07 Å². The van der Waals surface area contributed by atoms with E-state index in [-0.39, 0.29) is 29.2 Å². The second-order valence-corrected chi connectivity index (χ2v) is 8.49. The number of thioether (sulfide) groups is 1. The molecule has 0 N–H and O–H groups in total. The molecule has 0 aliphatic carbocycles. The Balaban J connectivity index is 1.98. The number of hydrogen-bond donors (Lipinski definition) is 0. The molecular weight excluding hydrogens is 322 g/mol. The van der Waals surface area contributed by atoms with E-state index in [9.17, 15) is 13.2 Å². The highest BCUT2D eigenvalue weighted by Crippen LogP contribution is 2.40. The number of benzene rings is 1. The number of carbonyl (C=O) groups is 1. The van der Waals surface area contributed by atoms with Gasteiger partial charge in [-0.25, -0.2) is 8.42 Å². The molecule has 3 rings (SSSR count). The number of fused-ring (bicyclic) bond motifs is 1. The van der Waals surface area contributed by atoms with Crippen LogP contribution in [0.2, 0.25) is 0 Å². The number of carbonyl (C=O) groups excluding carboxylic acids is 1. The Hall–Kier alpha value is -1.85. The molecule has 2 aliphatic rings. The van der Waals surface area contributed by atoms with Crippen LogP contribution in [0.4, 0.5) is 5.69 Å². The summed E-state index contributed by atoms with van der Waals surface area (Å²) in [4.78, 5) is 17.5. The topological polar surface area (TPSA) is 90.6 Å². The van der Waals surface area contributed by atoms with E-state index in [0.717, 1.165) is 5.69 Å². The van der Waals surface area contributed by atoms with Gasteiger partial charge in [-0.2, -0.15) is 10.3 Å². The molecule has 22 heavy (non-hydrogen) atoms. The van der Waals surface area contributed by atoms with Gasteiger partial charge in [-0.1, -0.05) is 30.0 Å². The number of nitrogens with zero attached hydrogens (tertiary/aromatic N) is 3. The lowest BCUT2D eigenvalue weighted by Crippen LogP contribution is -2.37. The quantitative estimate of drug-likeness (QED) is 0.806. The Morgan fingerprint density at radius 2 is 2.09 bits per heavy atom. The third-order valence-corrected chi connectivity index (χ3v) is 6.76. The number of rotatable bonds is 2. The Morgan fingerprint density at radius 1 is 1.36 bits per heavy atom. The number of aliphatic imine (C=N–C) groups is 1. The first kappa shape index (κ1) is 15.1. The van der Waals surface area contributed by atoms with Gasteiger partial charge < -0.3 is 4.90 Å². The Morgan fingerprint density at radius 3 is 2.77 bits per heavy atom. The monoisotopic (exact) mass is 335 g/mol. The van der Waals surface area contributed by atoms with Crippen molar-refractivity contribution in [1.29, 1.82) is 5.26 Å². The maximum absolute atomic E-state index is 11.9. The van der Waals surface area contributed by atoms with Gasteiger partial charge in [-0.05, 0) is 12.1 Å². The smallest absolute Gasteiger partial charge is 0.262 e. The summed E-state index contributed by atoms with van der Waals surface area (Å²) in [5, 5.41) is 8.94. The van der Waals surface area contributed by atoms with Crippen LogP contribution < -0.4 is 4.90 Å². The molecular formula is C14H13N3O3S2. The Labute approximate surface area is 132 Å². The normalized spacial score (nSPS) is 27.6. The lowest BCUT2D eigenvalue weighted by molar-refractivity contribution is -0.116. The van der Waals surface area contributed by atoms with E-state index >= 15 is 0 Å². The van der Waals surface area contributed by atoms with Gasteiger partial charge in [0.25, 0.3) is 5.91 Å². The highest BCUT2D eigenvalue weighted by atomic mass is 32.2. The van der Waals surface area contributed by atoms with Crippen molar-refractivity contribution in [2.45, 2.75) is 17.7 Å². The van der Waals surface area contributed by atoms with Crippen molar-refractivity contribution in [3.8, 4) is 6.07 Å². The van der Waals surface area contributed by atoms with Crippen LogP contribution in [0.25, 0.3) is 0 Å². The Bertz CT molecular complexity index is 768. The maximum Gasteiger partial charge on any atom is 0.262 e. The number of para-hydroxylation sites is 1. The van der Waals surface area contributed by atoms with Gasteiger partial charge >= 0.3 is 0 Å². The summed E-state index contributed by atoms with van der Waals surface area (Å²) in [6, 6.07) is 10.9. The summed E-state index contributed by atoms with van der Waals surface area (Å²) < 4.78 is 23.7. The molecule has 1 aromatic carbocycles. The molecule has 0 spiro atoms. The van der Waals surface area contributed by atoms with Crippen molar-refractivity contribution in [1.82, 2.24) is 0 Å². The molecule has 2 saturated heterocycles. The highest BCUT2D eigenvalue weighted by Gasteiger charge is 2.49. The van der Waals surface area contributed by atoms with Crippen LogP contribution in [0, 0.1) is 11.3 Å². The first-order chi connectivity index (χ1) is 10.5. The average Bonchev–Trinajstić information content (AvgIpc) is 2.91. The second-order valence-electron chi connectivity index (χ2n) is 5.13. The Kier molecular flexibility index (Phi) is 3.93. The minimum atomic E-state index is -3.06. The zero-order valence-corrected chi connectivity index (χ0v) is 13.2. The van der Waals surface area contributed by atoms with Gasteiger partial charge in [-0.3, -0.25) is 4.79 Å². The molecule has 0 saturated carbocycles. The van der Waals surface area contributed by atoms with Gasteiger partial charge in [0, 0.05) is 10.9 Å². The molecule has 114 valence electrons. The minimum absolute atomic E-state index is 0.0605.